The van der Waals surface area contributed by atoms with Gasteiger partial charge in [0.25, 0.3) is 5.91 Å². The fourth-order valence-corrected chi connectivity index (χ4v) is 2.39. The Hall–Kier alpha value is -2.27. The SMILES string of the molecule is CSc1ccccc1NC(=O)COC(=O)c1ccc(C)cc1. The highest BCUT2D eigenvalue weighted by Gasteiger charge is 2.11. The number of rotatable bonds is 5. The van der Waals surface area contributed by atoms with E-state index in [-0.39, 0.29) is 12.5 Å². The second kappa shape index (κ2) is 7.66. The Kier molecular flexibility index (Phi) is 5.61. The van der Waals surface area contributed by atoms with E-state index in [4.69, 9.17) is 4.74 Å². The second-order valence-corrected chi connectivity index (χ2v) is 5.54. The zero-order valence-corrected chi connectivity index (χ0v) is 13.3. The Bertz CT molecular complexity index is 668. The van der Waals surface area contributed by atoms with Crippen LogP contribution in [-0.2, 0) is 9.53 Å². The minimum atomic E-state index is -0.506. The van der Waals surface area contributed by atoms with Crippen molar-refractivity contribution in [2.24, 2.45) is 0 Å². The average molecular weight is 315 g/mol. The number of nitrogens with one attached hydrogen (secondary N) is 1. The van der Waals surface area contributed by atoms with Gasteiger partial charge in [-0.25, -0.2) is 4.79 Å². The van der Waals surface area contributed by atoms with E-state index in [1.54, 1.807) is 12.1 Å². The Morgan fingerprint density at radius 1 is 1.09 bits per heavy atom. The first-order chi connectivity index (χ1) is 10.6. The molecular weight excluding hydrogens is 298 g/mol. The molecule has 0 aromatic heterocycles. The molecule has 2 aromatic carbocycles. The zero-order valence-electron chi connectivity index (χ0n) is 12.5. The van der Waals surface area contributed by atoms with Crippen molar-refractivity contribution >= 4 is 29.3 Å². The van der Waals surface area contributed by atoms with Gasteiger partial charge in [0.15, 0.2) is 6.61 Å². The summed E-state index contributed by atoms with van der Waals surface area (Å²) < 4.78 is 5.02. The van der Waals surface area contributed by atoms with Gasteiger partial charge in [-0.05, 0) is 37.4 Å². The number of esters is 1. The van der Waals surface area contributed by atoms with E-state index in [1.807, 2.05) is 49.6 Å². The molecule has 2 rings (SSSR count). The maximum Gasteiger partial charge on any atom is 0.338 e. The van der Waals surface area contributed by atoms with Gasteiger partial charge < -0.3 is 10.1 Å². The Morgan fingerprint density at radius 2 is 1.77 bits per heavy atom. The molecule has 0 heterocycles. The maximum absolute atomic E-state index is 11.9. The summed E-state index contributed by atoms with van der Waals surface area (Å²) in [5.74, 6) is -0.865. The van der Waals surface area contributed by atoms with Gasteiger partial charge in [0.1, 0.15) is 0 Å². The molecule has 1 amide bonds. The first kappa shape index (κ1) is 16.1. The number of carbonyl (C=O) groups is 2. The third-order valence-corrected chi connectivity index (χ3v) is 3.80. The number of ether oxygens (including phenoxy) is 1. The molecular formula is C17H17NO3S. The minimum Gasteiger partial charge on any atom is -0.452 e. The first-order valence-electron chi connectivity index (χ1n) is 6.77. The first-order valence-corrected chi connectivity index (χ1v) is 7.99. The summed E-state index contributed by atoms with van der Waals surface area (Å²) in [6.07, 6.45) is 1.93. The van der Waals surface area contributed by atoms with Crippen LogP contribution in [0.5, 0.6) is 0 Å². The quantitative estimate of drug-likeness (QED) is 0.677. The molecule has 0 atom stereocenters. The molecule has 0 aliphatic rings. The Morgan fingerprint density at radius 3 is 2.45 bits per heavy atom. The number of thioether (sulfide) groups is 1. The molecule has 0 saturated carbocycles. The number of hydrogen-bond acceptors (Lipinski definition) is 4. The van der Waals surface area contributed by atoms with Gasteiger partial charge in [-0.15, -0.1) is 11.8 Å². The van der Waals surface area contributed by atoms with Crippen LogP contribution in [0.4, 0.5) is 5.69 Å². The lowest BCUT2D eigenvalue weighted by Gasteiger charge is -2.09. The summed E-state index contributed by atoms with van der Waals surface area (Å²) in [7, 11) is 0. The maximum atomic E-state index is 11.9. The minimum absolute atomic E-state index is 0.310. The highest BCUT2D eigenvalue weighted by atomic mass is 32.2. The van der Waals surface area contributed by atoms with Crippen LogP contribution in [0.25, 0.3) is 0 Å². The highest BCUT2D eigenvalue weighted by molar-refractivity contribution is 7.98. The van der Waals surface area contributed by atoms with Gasteiger partial charge in [0.2, 0.25) is 0 Å². The van der Waals surface area contributed by atoms with Gasteiger partial charge >= 0.3 is 5.97 Å². The summed E-state index contributed by atoms with van der Waals surface area (Å²) in [6, 6.07) is 14.5. The van der Waals surface area contributed by atoms with Gasteiger partial charge in [-0.1, -0.05) is 29.8 Å². The van der Waals surface area contributed by atoms with Crippen molar-refractivity contribution in [2.45, 2.75) is 11.8 Å². The molecule has 22 heavy (non-hydrogen) atoms. The van der Waals surface area contributed by atoms with Gasteiger partial charge in [-0.3, -0.25) is 4.79 Å². The monoisotopic (exact) mass is 315 g/mol. The number of carbonyl (C=O) groups excluding carboxylic acids is 2. The standard InChI is InChI=1S/C17H17NO3S/c1-12-7-9-13(10-8-12)17(20)21-11-16(19)18-14-5-3-4-6-15(14)22-2/h3-10H,11H2,1-2H3,(H,18,19). The third kappa shape index (κ3) is 4.36. The molecule has 0 unspecified atom stereocenters. The van der Waals surface area contributed by atoms with Crippen LogP contribution in [0.1, 0.15) is 15.9 Å². The van der Waals surface area contributed by atoms with Gasteiger partial charge in [-0.2, -0.15) is 0 Å². The van der Waals surface area contributed by atoms with Crippen molar-refractivity contribution in [1.82, 2.24) is 0 Å². The molecule has 4 nitrogen and oxygen atoms in total. The predicted molar refractivity (Wildman–Crippen MR) is 88.3 cm³/mol. The lowest BCUT2D eigenvalue weighted by molar-refractivity contribution is -0.119. The van der Waals surface area contributed by atoms with Crippen molar-refractivity contribution in [3.8, 4) is 0 Å². The summed E-state index contributed by atoms with van der Waals surface area (Å²) in [6.45, 7) is 1.63. The normalized spacial score (nSPS) is 10.1. The molecule has 114 valence electrons. The molecule has 0 aliphatic carbocycles. The summed E-state index contributed by atoms with van der Waals surface area (Å²) >= 11 is 1.54. The van der Waals surface area contributed by atoms with Crippen LogP contribution >= 0.6 is 11.8 Å². The molecule has 0 spiro atoms. The lowest BCUT2D eigenvalue weighted by atomic mass is 10.1. The van der Waals surface area contributed by atoms with Crippen molar-refractivity contribution < 1.29 is 14.3 Å². The molecule has 1 N–H and O–H groups in total. The number of aryl methyl sites for hydroxylation is 1. The van der Waals surface area contributed by atoms with Crippen molar-refractivity contribution in [3.63, 3.8) is 0 Å². The molecule has 2 aromatic rings. The average Bonchev–Trinajstić information content (AvgIpc) is 2.54. The summed E-state index contributed by atoms with van der Waals surface area (Å²) in [5.41, 5.74) is 2.21. The largest absolute Gasteiger partial charge is 0.452 e. The Labute approximate surface area is 133 Å². The smallest absolute Gasteiger partial charge is 0.338 e. The van der Waals surface area contributed by atoms with Crippen LogP contribution < -0.4 is 5.32 Å². The molecule has 0 radical (unpaired) electrons. The van der Waals surface area contributed by atoms with E-state index in [0.29, 0.717) is 11.3 Å². The summed E-state index contributed by atoms with van der Waals surface area (Å²) in [4.78, 5) is 24.7. The van der Waals surface area contributed by atoms with Crippen LogP contribution in [0.15, 0.2) is 53.4 Å². The number of para-hydroxylation sites is 1. The van der Waals surface area contributed by atoms with Crippen LogP contribution in [0.2, 0.25) is 0 Å². The second-order valence-electron chi connectivity index (χ2n) is 4.69. The van der Waals surface area contributed by atoms with Crippen LogP contribution in [-0.4, -0.2) is 24.7 Å². The molecule has 0 aliphatic heterocycles. The van der Waals surface area contributed by atoms with Crippen molar-refractivity contribution in [2.75, 3.05) is 18.2 Å². The van der Waals surface area contributed by atoms with E-state index in [9.17, 15) is 9.59 Å². The van der Waals surface area contributed by atoms with E-state index >= 15 is 0 Å². The molecule has 0 saturated heterocycles. The number of hydrogen-bond donors (Lipinski definition) is 1. The predicted octanol–water partition coefficient (Wildman–Crippen LogP) is 3.51. The Balaban J connectivity index is 1.90. The van der Waals surface area contributed by atoms with Gasteiger partial charge in [0.05, 0.1) is 11.3 Å². The van der Waals surface area contributed by atoms with Crippen molar-refractivity contribution in [1.29, 1.82) is 0 Å². The number of anilines is 1. The van der Waals surface area contributed by atoms with E-state index in [1.165, 1.54) is 11.8 Å². The number of benzene rings is 2. The van der Waals surface area contributed by atoms with Crippen LogP contribution in [0, 0.1) is 6.92 Å². The van der Waals surface area contributed by atoms with E-state index < -0.39 is 5.97 Å². The fourth-order valence-electron chi connectivity index (χ4n) is 1.84. The van der Waals surface area contributed by atoms with Gasteiger partial charge in [0, 0.05) is 4.90 Å². The topological polar surface area (TPSA) is 55.4 Å². The van der Waals surface area contributed by atoms with E-state index in [2.05, 4.69) is 5.32 Å². The zero-order chi connectivity index (χ0) is 15.9. The molecule has 0 fully saturated rings. The molecule has 5 heteroatoms. The van der Waals surface area contributed by atoms with Crippen LogP contribution in [0.3, 0.4) is 0 Å². The fraction of sp³-hybridized carbons (Fsp3) is 0.176. The highest BCUT2D eigenvalue weighted by Crippen LogP contribution is 2.24. The number of amides is 1. The molecule has 0 bridgehead atoms. The summed E-state index contributed by atoms with van der Waals surface area (Å²) in [5, 5.41) is 2.74. The van der Waals surface area contributed by atoms with E-state index in [0.717, 1.165) is 10.5 Å². The van der Waals surface area contributed by atoms with Crippen molar-refractivity contribution in [3.05, 3.63) is 59.7 Å². The third-order valence-electron chi connectivity index (χ3n) is 3.00. The lowest BCUT2D eigenvalue weighted by Crippen LogP contribution is -2.21.